The number of carbonyl (C=O) groups excluding carboxylic acids is 4. The number of fused-ring (bicyclic) bond motifs is 5. The Kier molecular flexibility index (Phi) is 10.2. The summed E-state index contributed by atoms with van der Waals surface area (Å²) in [4.78, 5) is 64.3. The molecule has 9 rings (SSSR count). The third-order valence-corrected chi connectivity index (χ3v) is 16.7. The molecule has 7 aliphatic rings. The first-order valence-electron chi connectivity index (χ1n) is 21.9. The number of rotatable bonds is 9. The maximum atomic E-state index is 15.0. The van der Waals surface area contributed by atoms with Gasteiger partial charge < -0.3 is 19.7 Å². The minimum atomic E-state index is -3.97. The lowest BCUT2D eigenvalue weighted by atomic mass is 9.86. The SMILES string of the molecule is COc1ccc2nc(C3CC3)c3c(c2c1)CC[C@]1(C[C@H]2C(=O)N[C@]4(C(=O)NS(=O)(=O)C5(C)CC5)C[C@H]4/C=C\CCCCC[C@H](CC(=O)CC4CCCC4)C(=O)N2C1)O3. The standard InChI is InChI=1S/C45H58N4O8S/c1-43(20-21-43)58(54,55)48-42(53)45-25-31(45)13-7-5-3-4-6-12-30(23-32(50)22-28-10-8-9-11-28)41(52)49-27-44(26-37(49)40(51)47-45)19-18-34-35-24-33(56-2)16-17-36(35)46-38(29-14-15-29)39(34)57-44/h7,13,16-17,24,28-31,37H,3-6,8-12,14-15,18-23,25-27H2,1-2H3,(H,47,51)(H,48,53)/b13-7-/t30-,31-,37+,44-,45-/m1/s1. The summed E-state index contributed by atoms with van der Waals surface area (Å²) in [7, 11) is -2.33. The molecule has 2 N–H and O–H groups in total. The first-order chi connectivity index (χ1) is 27.8. The van der Waals surface area contributed by atoms with Crippen LogP contribution in [0.15, 0.2) is 30.4 Å². The molecule has 58 heavy (non-hydrogen) atoms. The fraction of sp³-hybridized carbons (Fsp3) is 0.667. The van der Waals surface area contributed by atoms with Crippen LogP contribution in [0, 0.1) is 17.8 Å². The van der Waals surface area contributed by atoms with Crippen LogP contribution in [0.4, 0.5) is 0 Å². The summed E-state index contributed by atoms with van der Waals surface area (Å²) in [6.45, 7) is 1.79. The highest BCUT2D eigenvalue weighted by Gasteiger charge is 2.64. The van der Waals surface area contributed by atoms with E-state index in [2.05, 4.69) is 10.0 Å². The van der Waals surface area contributed by atoms with Gasteiger partial charge in [-0.05, 0) is 95.2 Å². The summed E-state index contributed by atoms with van der Waals surface area (Å²) in [5.41, 5.74) is 0.481. The molecule has 4 saturated carbocycles. The van der Waals surface area contributed by atoms with Crippen molar-refractivity contribution >= 4 is 44.4 Å². The van der Waals surface area contributed by atoms with Gasteiger partial charge in [0.25, 0.3) is 5.91 Å². The molecule has 5 fully saturated rings. The Hall–Kier alpha value is -4.00. The number of amides is 3. The van der Waals surface area contributed by atoms with E-state index >= 15 is 4.79 Å². The monoisotopic (exact) mass is 814 g/mol. The number of methoxy groups -OCH3 is 1. The minimum Gasteiger partial charge on any atom is -0.497 e. The van der Waals surface area contributed by atoms with Crippen molar-refractivity contribution in [3.63, 3.8) is 0 Å². The van der Waals surface area contributed by atoms with Crippen LogP contribution in [-0.2, 0) is 35.6 Å². The van der Waals surface area contributed by atoms with Gasteiger partial charge in [0.05, 0.1) is 29.6 Å². The van der Waals surface area contributed by atoms with Gasteiger partial charge in [-0.2, -0.15) is 0 Å². The normalized spacial score (nSPS) is 31.6. The number of sulfonamides is 1. The number of allylic oxidation sites excluding steroid dienone is 1. The van der Waals surface area contributed by atoms with Crippen LogP contribution in [0.5, 0.6) is 11.5 Å². The molecule has 4 aliphatic carbocycles. The number of nitrogens with zero attached hydrogens (tertiary/aromatic N) is 2. The van der Waals surface area contributed by atoms with Crippen LogP contribution in [0.1, 0.15) is 140 Å². The molecule has 2 aromatic rings. The van der Waals surface area contributed by atoms with Crippen LogP contribution in [0.25, 0.3) is 10.9 Å². The van der Waals surface area contributed by atoms with E-state index in [4.69, 9.17) is 14.5 Å². The van der Waals surface area contributed by atoms with Crippen molar-refractivity contribution in [1.82, 2.24) is 19.9 Å². The third kappa shape index (κ3) is 7.42. The molecule has 3 aliphatic heterocycles. The van der Waals surface area contributed by atoms with Crippen molar-refractivity contribution in [1.29, 1.82) is 0 Å². The number of aryl methyl sites for hydroxylation is 1. The molecule has 0 unspecified atom stereocenters. The smallest absolute Gasteiger partial charge is 0.259 e. The van der Waals surface area contributed by atoms with Gasteiger partial charge in [0.15, 0.2) is 0 Å². The van der Waals surface area contributed by atoms with Crippen LogP contribution < -0.4 is 19.5 Å². The van der Waals surface area contributed by atoms with Gasteiger partial charge in [-0.15, -0.1) is 0 Å². The Morgan fingerprint density at radius 3 is 2.52 bits per heavy atom. The van der Waals surface area contributed by atoms with Crippen molar-refractivity contribution < 1.29 is 37.1 Å². The average molecular weight is 815 g/mol. The zero-order chi connectivity index (χ0) is 40.5. The van der Waals surface area contributed by atoms with E-state index < -0.39 is 49.7 Å². The Labute approximate surface area is 341 Å². The fourth-order valence-electron chi connectivity index (χ4n) is 10.3. The number of ketones is 1. The van der Waals surface area contributed by atoms with E-state index in [0.29, 0.717) is 44.4 Å². The molecule has 312 valence electrons. The lowest BCUT2D eigenvalue weighted by Gasteiger charge is -2.37. The Morgan fingerprint density at radius 1 is 1.00 bits per heavy atom. The molecule has 0 bridgehead atoms. The fourth-order valence-corrected chi connectivity index (χ4v) is 11.6. The number of nitrogens with one attached hydrogen (secondary N) is 2. The molecule has 0 radical (unpaired) electrons. The predicted octanol–water partition coefficient (Wildman–Crippen LogP) is 6.33. The van der Waals surface area contributed by atoms with Gasteiger partial charge in [0.2, 0.25) is 21.8 Å². The molecule has 5 atom stereocenters. The molecular formula is C45H58N4O8S. The number of benzene rings is 1. The number of ether oxygens (including phenoxy) is 2. The highest BCUT2D eigenvalue weighted by atomic mass is 32.2. The topological polar surface area (TPSA) is 161 Å². The highest BCUT2D eigenvalue weighted by molar-refractivity contribution is 7.91. The largest absolute Gasteiger partial charge is 0.497 e. The van der Waals surface area contributed by atoms with E-state index in [0.717, 1.165) is 97.9 Å². The second-order valence-corrected chi connectivity index (χ2v) is 21.1. The second kappa shape index (κ2) is 14.9. The number of aromatic nitrogens is 1. The number of carbonyl (C=O) groups is 4. The van der Waals surface area contributed by atoms with Crippen LogP contribution in [-0.4, -0.2) is 77.4 Å². The Balaban J connectivity index is 1.06. The van der Waals surface area contributed by atoms with E-state index in [9.17, 15) is 22.8 Å². The first kappa shape index (κ1) is 39.5. The summed E-state index contributed by atoms with van der Waals surface area (Å²) in [6.07, 6.45) is 17.4. The zero-order valence-electron chi connectivity index (χ0n) is 34.0. The summed E-state index contributed by atoms with van der Waals surface area (Å²) in [5.74, 6) is -0.229. The van der Waals surface area contributed by atoms with Crippen molar-refractivity contribution in [2.75, 3.05) is 13.7 Å². The molecule has 13 heteroatoms. The molecular weight excluding hydrogens is 757 g/mol. The van der Waals surface area contributed by atoms with E-state index in [1.54, 1.807) is 18.9 Å². The molecule has 1 saturated heterocycles. The molecule has 1 aromatic carbocycles. The highest BCUT2D eigenvalue weighted by Crippen LogP contribution is 2.52. The maximum absolute atomic E-state index is 15.0. The van der Waals surface area contributed by atoms with Gasteiger partial charge >= 0.3 is 0 Å². The molecule has 1 aromatic heterocycles. The molecule has 1 spiro atoms. The van der Waals surface area contributed by atoms with E-state index in [1.165, 1.54) is 0 Å². The van der Waals surface area contributed by atoms with Crippen molar-refractivity contribution in [3.05, 3.63) is 41.6 Å². The van der Waals surface area contributed by atoms with Crippen molar-refractivity contribution in [2.24, 2.45) is 17.8 Å². The van der Waals surface area contributed by atoms with Crippen molar-refractivity contribution in [3.8, 4) is 11.5 Å². The summed E-state index contributed by atoms with van der Waals surface area (Å²) < 4.78 is 40.7. The summed E-state index contributed by atoms with van der Waals surface area (Å²) >= 11 is 0. The van der Waals surface area contributed by atoms with E-state index in [-0.39, 0.29) is 49.3 Å². The predicted molar refractivity (Wildman–Crippen MR) is 218 cm³/mol. The van der Waals surface area contributed by atoms with Gasteiger partial charge in [-0.1, -0.05) is 50.7 Å². The lowest BCUT2D eigenvalue weighted by molar-refractivity contribution is -0.144. The molecule has 4 heterocycles. The van der Waals surface area contributed by atoms with Gasteiger partial charge in [0, 0.05) is 48.0 Å². The number of pyridine rings is 1. The van der Waals surface area contributed by atoms with Crippen LogP contribution in [0.2, 0.25) is 0 Å². The zero-order valence-corrected chi connectivity index (χ0v) is 34.8. The van der Waals surface area contributed by atoms with Crippen LogP contribution in [0.3, 0.4) is 0 Å². The second-order valence-electron chi connectivity index (χ2n) is 18.9. The minimum absolute atomic E-state index is 0.105. The molecule has 3 amide bonds. The average Bonchev–Trinajstić information content (AvgIpc) is 4.17. The number of Topliss-reactive ketones (excluding diaryl/α,β-unsaturated/α-hetero) is 1. The number of hydrogen-bond acceptors (Lipinski definition) is 9. The first-order valence-corrected chi connectivity index (χ1v) is 23.4. The maximum Gasteiger partial charge on any atom is 0.259 e. The lowest BCUT2D eigenvalue weighted by Crippen LogP contribution is -2.57. The van der Waals surface area contributed by atoms with Gasteiger partial charge in [-0.3, -0.25) is 23.9 Å². The van der Waals surface area contributed by atoms with Crippen LogP contribution >= 0.6 is 0 Å². The molecule has 12 nitrogen and oxygen atoms in total. The quantitative estimate of drug-likeness (QED) is 0.276. The van der Waals surface area contributed by atoms with Gasteiger partial charge in [0.1, 0.15) is 34.5 Å². The van der Waals surface area contributed by atoms with Gasteiger partial charge in [-0.25, -0.2) is 13.4 Å². The number of hydrogen-bond donors (Lipinski definition) is 2. The van der Waals surface area contributed by atoms with Crippen molar-refractivity contribution in [2.45, 2.75) is 157 Å². The van der Waals surface area contributed by atoms with E-state index in [1.807, 2.05) is 30.4 Å². The summed E-state index contributed by atoms with van der Waals surface area (Å²) in [5, 5.41) is 4.00. The Bertz CT molecular complexity index is 2160. The Morgan fingerprint density at radius 2 is 1.78 bits per heavy atom. The summed E-state index contributed by atoms with van der Waals surface area (Å²) in [6, 6.07) is 4.91. The third-order valence-electron chi connectivity index (χ3n) is 14.6.